The van der Waals surface area contributed by atoms with Crippen molar-refractivity contribution in [3.63, 3.8) is 0 Å². The number of thioether (sulfide) groups is 1. The van der Waals surface area contributed by atoms with E-state index >= 15 is 0 Å². The van der Waals surface area contributed by atoms with Crippen LogP contribution in [0.15, 0.2) is 30.3 Å². The molecule has 2 rings (SSSR count). The van der Waals surface area contributed by atoms with Crippen LogP contribution >= 0.6 is 11.8 Å². The van der Waals surface area contributed by atoms with Gasteiger partial charge in [0.1, 0.15) is 0 Å². The molecule has 0 radical (unpaired) electrons. The lowest BCUT2D eigenvalue weighted by atomic mass is 10.0. The highest BCUT2D eigenvalue weighted by Crippen LogP contribution is 2.25. The molecule has 0 saturated heterocycles. The molecule has 1 N–H and O–H groups in total. The van der Waals surface area contributed by atoms with Gasteiger partial charge in [-0.3, -0.25) is 4.90 Å². The highest BCUT2D eigenvalue weighted by Gasteiger charge is 2.26. The van der Waals surface area contributed by atoms with Gasteiger partial charge in [-0.1, -0.05) is 37.3 Å². The predicted molar refractivity (Wildman–Crippen MR) is 90.4 cm³/mol. The Morgan fingerprint density at radius 1 is 1.30 bits per heavy atom. The van der Waals surface area contributed by atoms with Crippen molar-refractivity contribution >= 4 is 11.8 Å². The van der Waals surface area contributed by atoms with Crippen LogP contribution in [-0.4, -0.2) is 42.6 Å². The van der Waals surface area contributed by atoms with Crippen molar-refractivity contribution in [3.05, 3.63) is 35.9 Å². The van der Waals surface area contributed by atoms with E-state index in [1.165, 1.54) is 30.6 Å². The Kier molecular flexibility index (Phi) is 6.40. The second-order valence-corrected chi connectivity index (χ2v) is 6.70. The minimum Gasteiger partial charge on any atom is -0.312 e. The van der Waals surface area contributed by atoms with E-state index in [0.717, 1.165) is 12.6 Å². The molecule has 0 amide bonds. The first-order valence-corrected chi connectivity index (χ1v) is 9.14. The molecular formula is C17H28N2S. The molecule has 1 aromatic carbocycles. The first kappa shape index (κ1) is 15.9. The van der Waals surface area contributed by atoms with Crippen LogP contribution in [0.2, 0.25) is 0 Å². The van der Waals surface area contributed by atoms with Crippen molar-refractivity contribution < 1.29 is 0 Å². The highest BCUT2D eigenvalue weighted by molar-refractivity contribution is 7.98. The summed E-state index contributed by atoms with van der Waals surface area (Å²) in [6.45, 7) is 3.36. The molecule has 0 heterocycles. The van der Waals surface area contributed by atoms with Crippen LogP contribution in [0.4, 0.5) is 0 Å². The molecule has 0 spiro atoms. The molecule has 0 aliphatic heterocycles. The summed E-state index contributed by atoms with van der Waals surface area (Å²) in [6, 6.07) is 12.9. The molecule has 1 aromatic rings. The molecule has 3 heteroatoms. The van der Waals surface area contributed by atoms with E-state index in [-0.39, 0.29) is 0 Å². The van der Waals surface area contributed by atoms with Crippen molar-refractivity contribution in [2.75, 3.05) is 25.6 Å². The number of nitrogens with zero attached hydrogens (tertiary/aromatic N) is 1. The lowest BCUT2D eigenvalue weighted by Crippen LogP contribution is -2.41. The third kappa shape index (κ3) is 4.51. The second kappa shape index (κ2) is 8.06. The van der Waals surface area contributed by atoms with Crippen molar-refractivity contribution in [1.82, 2.24) is 10.2 Å². The van der Waals surface area contributed by atoms with Gasteiger partial charge >= 0.3 is 0 Å². The monoisotopic (exact) mass is 292 g/mol. The summed E-state index contributed by atoms with van der Waals surface area (Å²) in [5, 5.41) is 3.71. The average Bonchev–Trinajstić information content (AvgIpc) is 3.30. The quantitative estimate of drug-likeness (QED) is 0.749. The molecule has 112 valence electrons. The maximum Gasteiger partial charge on any atom is 0.0472 e. The van der Waals surface area contributed by atoms with Gasteiger partial charge in [0.15, 0.2) is 0 Å². The number of nitrogens with one attached hydrogen (secondary N) is 1. The van der Waals surface area contributed by atoms with Crippen LogP contribution in [-0.2, 0) is 0 Å². The summed E-state index contributed by atoms with van der Waals surface area (Å²) in [5.41, 5.74) is 1.43. The molecular weight excluding hydrogens is 264 g/mol. The molecule has 1 aliphatic carbocycles. The van der Waals surface area contributed by atoms with E-state index in [0.29, 0.717) is 12.1 Å². The van der Waals surface area contributed by atoms with Crippen molar-refractivity contribution in [2.24, 2.45) is 0 Å². The summed E-state index contributed by atoms with van der Waals surface area (Å²) in [6.07, 6.45) is 6.13. The first-order chi connectivity index (χ1) is 9.76. The van der Waals surface area contributed by atoms with E-state index in [9.17, 15) is 0 Å². The summed E-state index contributed by atoms with van der Waals surface area (Å²) < 4.78 is 0. The summed E-state index contributed by atoms with van der Waals surface area (Å²) >= 11 is 1.95. The Hall–Kier alpha value is -0.510. The molecule has 20 heavy (non-hydrogen) atoms. The first-order valence-electron chi connectivity index (χ1n) is 7.75. The van der Waals surface area contributed by atoms with Crippen LogP contribution in [0.5, 0.6) is 0 Å². The van der Waals surface area contributed by atoms with Gasteiger partial charge in [0.25, 0.3) is 0 Å². The largest absolute Gasteiger partial charge is 0.312 e. The van der Waals surface area contributed by atoms with Gasteiger partial charge in [0.05, 0.1) is 0 Å². The van der Waals surface area contributed by atoms with Gasteiger partial charge in [-0.25, -0.2) is 0 Å². The Bertz CT molecular complexity index is 378. The van der Waals surface area contributed by atoms with Gasteiger partial charge in [0.2, 0.25) is 0 Å². The third-order valence-corrected chi connectivity index (χ3v) is 4.98. The highest BCUT2D eigenvalue weighted by atomic mass is 32.2. The van der Waals surface area contributed by atoms with E-state index in [1.54, 1.807) is 0 Å². The van der Waals surface area contributed by atoms with Crippen molar-refractivity contribution in [3.8, 4) is 0 Å². The van der Waals surface area contributed by atoms with Crippen molar-refractivity contribution in [2.45, 2.75) is 44.3 Å². The fraction of sp³-hybridized carbons (Fsp3) is 0.647. The summed E-state index contributed by atoms with van der Waals surface area (Å²) in [4.78, 5) is 2.57. The van der Waals surface area contributed by atoms with Crippen LogP contribution in [0.25, 0.3) is 0 Å². The van der Waals surface area contributed by atoms with E-state index < -0.39 is 0 Å². The summed E-state index contributed by atoms with van der Waals surface area (Å²) in [5.74, 6) is 1.21. The Labute approximate surface area is 128 Å². The van der Waals surface area contributed by atoms with E-state index in [2.05, 4.69) is 60.8 Å². The molecule has 1 saturated carbocycles. The summed E-state index contributed by atoms with van der Waals surface area (Å²) in [7, 11) is 2.29. The number of hydrogen-bond acceptors (Lipinski definition) is 3. The molecule has 2 nitrogen and oxygen atoms in total. The van der Waals surface area contributed by atoms with Crippen LogP contribution in [0.3, 0.4) is 0 Å². The fourth-order valence-corrected chi connectivity index (χ4v) is 3.56. The normalized spacial score (nSPS) is 18.2. The lowest BCUT2D eigenvalue weighted by molar-refractivity contribution is 0.179. The molecule has 1 fully saturated rings. The average molecular weight is 292 g/mol. The Balaban J connectivity index is 2.07. The standard InChI is InChI=1S/C17H28N2S/c1-4-16(13-20-3)19(2)17(12-18-15-10-11-15)14-8-6-5-7-9-14/h5-9,15-18H,4,10-13H2,1-3H3. The maximum atomic E-state index is 3.71. The van der Waals surface area contributed by atoms with Gasteiger partial charge < -0.3 is 5.32 Å². The van der Waals surface area contributed by atoms with E-state index in [1.807, 2.05) is 11.8 Å². The van der Waals surface area contributed by atoms with Gasteiger partial charge in [0, 0.05) is 30.4 Å². The lowest BCUT2D eigenvalue weighted by Gasteiger charge is -2.35. The second-order valence-electron chi connectivity index (χ2n) is 5.79. The molecule has 0 bridgehead atoms. The molecule has 2 atom stereocenters. The number of benzene rings is 1. The van der Waals surface area contributed by atoms with Gasteiger partial charge in [-0.05, 0) is 38.1 Å². The zero-order valence-electron chi connectivity index (χ0n) is 13.0. The topological polar surface area (TPSA) is 15.3 Å². The minimum absolute atomic E-state index is 0.480. The molecule has 2 unspecified atom stereocenters. The van der Waals surface area contributed by atoms with Gasteiger partial charge in [-0.15, -0.1) is 0 Å². The van der Waals surface area contributed by atoms with Crippen molar-refractivity contribution in [1.29, 1.82) is 0 Å². The Morgan fingerprint density at radius 3 is 2.55 bits per heavy atom. The van der Waals surface area contributed by atoms with Crippen LogP contribution in [0.1, 0.15) is 37.8 Å². The molecule has 1 aliphatic rings. The Morgan fingerprint density at radius 2 is 2.00 bits per heavy atom. The number of likely N-dealkylation sites (N-methyl/N-ethyl adjacent to an activating group) is 1. The zero-order chi connectivity index (χ0) is 14.4. The van der Waals surface area contributed by atoms with Crippen LogP contribution in [0, 0.1) is 0 Å². The third-order valence-electron chi connectivity index (χ3n) is 4.26. The van der Waals surface area contributed by atoms with E-state index in [4.69, 9.17) is 0 Å². The fourth-order valence-electron chi connectivity index (χ4n) is 2.71. The predicted octanol–water partition coefficient (Wildman–Crippen LogP) is 3.55. The smallest absolute Gasteiger partial charge is 0.0472 e. The maximum absolute atomic E-state index is 3.71. The number of rotatable bonds is 9. The van der Waals surface area contributed by atoms with Gasteiger partial charge in [-0.2, -0.15) is 11.8 Å². The minimum atomic E-state index is 0.480. The van der Waals surface area contributed by atoms with Crippen LogP contribution < -0.4 is 5.32 Å². The molecule has 0 aromatic heterocycles. The number of hydrogen-bond donors (Lipinski definition) is 1. The SMILES string of the molecule is CCC(CSC)N(C)C(CNC1CC1)c1ccccc1. The zero-order valence-corrected chi connectivity index (χ0v) is 13.8.